The number of aldehydes is 1. The van der Waals surface area contributed by atoms with Crippen LogP contribution in [0.15, 0.2) is 6.33 Å². The van der Waals surface area contributed by atoms with Gasteiger partial charge in [-0.3, -0.25) is 9.69 Å². The van der Waals surface area contributed by atoms with Crippen LogP contribution in [0.2, 0.25) is 5.15 Å². The number of nitrogens with zero attached hydrogens (tertiary/aromatic N) is 3. The Bertz CT molecular complexity index is 467. The van der Waals surface area contributed by atoms with Crippen molar-refractivity contribution < 1.29 is 4.79 Å². The number of rotatable bonds is 3. The van der Waals surface area contributed by atoms with Crippen LogP contribution >= 0.6 is 11.6 Å². The van der Waals surface area contributed by atoms with Crippen LogP contribution in [0, 0.1) is 0 Å². The molecule has 0 spiro atoms. The fourth-order valence-corrected chi connectivity index (χ4v) is 3.20. The first-order valence-corrected chi connectivity index (χ1v) is 6.63. The zero-order chi connectivity index (χ0) is 12.5. The first-order chi connectivity index (χ1) is 8.79. The van der Waals surface area contributed by atoms with Gasteiger partial charge in [0.05, 0.1) is 5.56 Å². The second-order valence-electron chi connectivity index (χ2n) is 4.83. The van der Waals surface area contributed by atoms with Gasteiger partial charge in [0.15, 0.2) is 6.29 Å². The second-order valence-corrected chi connectivity index (χ2v) is 5.19. The lowest BCUT2D eigenvalue weighted by Crippen LogP contribution is -2.34. The van der Waals surface area contributed by atoms with E-state index in [1.807, 2.05) is 0 Å². The normalized spacial score (nSPS) is 27.2. The summed E-state index contributed by atoms with van der Waals surface area (Å²) in [6, 6.07) is 0.926. The number of anilines is 1. The van der Waals surface area contributed by atoms with E-state index < -0.39 is 0 Å². The zero-order valence-corrected chi connectivity index (χ0v) is 10.7. The predicted octanol–water partition coefficient (Wildman–Crippen LogP) is 1.59. The van der Waals surface area contributed by atoms with E-state index in [4.69, 9.17) is 11.6 Å². The van der Waals surface area contributed by atoms with E-state index in [-0.39, 0.29) is 5.15 Å². The van der Waals surface area contributed by atoms with E-state index in [9.17, 15) is 4.79 Å². The van der Waals surface area contributed by atoms with E-state index in [0.29, 0.717) is 29.8 Å². The van der Waals surface area contributed by atoms with Crippen molar-refractivity contribution in [1.82, 2.24) is 14.9 Å². The lowest BCUT2D eigenvalue weighted by molar-refractivity contribution is 0.112. The van der Waals surface area contributed by atoms with Crippen molar-refractivity contribution in [3.05, 3.63) is 17.0 Å². The molecule has 2 fully saturated rings. The highest BCUT2D eigenvalue weighted by atomic mass is 35.5. The molecule has 96 valence electrons. The lowest BCUT2D eigenvalue weighted by Gasteiger charge is -2.22. The molecule has 0 radical (unpaired) electrons. The minimum atomic E-state index is 0.212. The van der Waals surface area contributed by atoms with Gasteiger partial charge in [-0.2, -0.15) is 0 Å². The molecule has 2 saturated heterocycles. The number of carbonyl (C=O) groups excluding carboxylic acids is 1. The highest BCUT2D eigenvalue weighted by Crippen LogP contribution is 2.30. The molecule has 0 aliphatic carbocycles. The standard InChI is InChI=1S/C12H15ClN4O/c13-11-8(6-18)12(15-7-14-11)16-9-3-5-17-4-1-2-10(9)17/h6-7,9-10H,1-5H2,(H,14,15,16). The second kappa shape index (κ2) is 4.82. The van der Waals surface area contributed by atoms with Crippen LogP contribution in [0.25, 0.3) is 0 Å². The highest BCUT2D eigenvalue weighted by Gasteiger charge is 2.37. The fourth-order valence-electron chi connectivity index (χ4n) is 3.02. The predicted molar refractivity (Wildman–Crippen MR) is 69.1 cm³/mol. The third kappa shape index (κ3) is 1.97. The number of halogens is 1. The maximum atomic E-state index is 11.0. The monoisotopic (exact) mass is 266 g/mol. The average molecular weight is 267 g/mol. The summed E-state index contributed by atoms with van der Waals surface area (Å²) in [4.78, 5) is 21.5. The minimum Gasteiger partial charge on any atom is -0.365 e. The van der Waals surface area contributed by atoms with E-state index >= 15 is 0 Å². The summed E-state index contributed by atoms with van der Waals surface area (Å²) in [5.41, 5.74) is 0.357. The Balaban J connectivity index is 1.80. The van der Waals surface area contributed by atoms with Gasteiger partial charge in [-0.15, -0.1) is 0 Å². The number of fused-ring (bicyclic) bond motifs is 1. The Kier molecular flexibility index (Phi) is 3.18. The summed E-state index contributed by atoms with van der Waals surface area (Å²) in [6.07, 6.45) is 5.66. The Morgan fingerprint density at radius 3 is 3.11 bits per heavy atom. The van der Waals surface area contributed by atoms with Crippen LogP contribution in [0.4, 0.5) is 5.82 Å². The molecule has 0 aromatic carbocycles. The van der Waals surface area contributed by atoms with Crippen molar-refractivity contribution in [1.29, 1.82) is 0 Å². The minimum absolute atomic E-state index is 0.212. The van der Waals surface area contributed by atoms with Gasteiger partial charge >= 0.3 is 0 Å². The van der Waals surface area contributed by atoms with E-state index in [1.165, 1.54) is 25.7 Å². The molecule has 18 heavy (non-hydrogen) atoms. The van der Waals surface area contributed by atoms with E-state index in [2.05, 4.69) is 20.2 Å². The first-order valence-electron chi connectivity index (χ1n) is 6.26. The number of carbonyl (C=O) groups is 1. The molecule has 0 saturated carbocycles. The molecular weight excluding hydrogens is 252 g/mol. The van der Waals surface area contributed by atoms with E-state index in [1.54, 1.807) is 0 Å². The molecule has 0 bridgehead atoms. The summed E-state index contributed by atoms with van der Waals surface area (Å²) in [7, 11) is 0. The van der Waals surface area contributed by atoms with Gasteiger partial charge in [0, 0.05) is 18.6 Å². The molecule has 2 unspecified atom stereocenters. The van der Waals surface area contributed by atoms with Gasteiger partial charge in [-0.05, 0) is 25.8 Å². The van der Waals surface area contributed by atoms with Gasteiger partial charge in [0.2, 0.25) is 0 Å². The van der Waals surface area contributed by atoms with Crippen LogP contribution < -0.4 is 5.32 Å². The largest absolute Gasteiger partial charge is 0.365 e. The lowest BCUT2D eigenvalue weighted by atomic mass is 10.1. The van der Waals surface area contributed by atoms with Crippen molar-refractivity contribution >= 4 is 23.7 Å². The first kappa shape index (κ1) is 11.9. The van der Waals surface area contributed by atoms with Crippen molar-refractivity contribution in [3.63, 3.8) is 0 Å². The molecule has 1 aromatic heterocycles. The van der Waals surface area contributed by atoms with Gasteiger partial charge in [-0.25, -0.2) is 9.97 Å². The fraction of sp³-hybridized carbons (Fsp3) is 0.583. The average Bonchev–Trinajstić information content (AvgIpc) is 2.94. The van der Waals surface area contributed by atoms with Crippen molar-refractivity contribution in [2.24, 2.45) is 0 Å². The van der Waals surface area contributed by atoms with Crippen LogP contribution in [-0.2, 0) is 0 Å². The Hall–Kier alpha value is -1.20. The molecule has 3 heterocycles. The molecule has 2 atom stereocenters. The van der Waals surface area contributed by atoms with Crippen LogP contribution in [0.5, 0.6) is 0 Å². The number of aromatic nitrogens is 2. The molecule has 6 heteroatoms. The maximum Gasteiger partial charge on any atom is 0.156 e. The van der Waals surface area contributed by atoms with Gasteiger partial charge < -0.3 is 5.32 Å². The summed E-state index contributed by atoms with van der Waals surface area (Å²) < 4.78 is 0. The van der Waals surface area contributed by atoms with Crippen molar-refractivity contribution in [2.75, 3.05) is 18.4 Å². The Morgan fingerprint density at radius 2 is 2.28 bits per heavy atom. The van der Waals surface area contributed by atoms with Gasteiger partial charge in [0.1, 0.15) is 17.3 Å². The Morgan fingerprint density at radius 1 is 1.39 bits per heavy atom. The zero-order valence-electron chi connectivity index (χ0n) is 9.97. The molecule has 2 aliphatic rings. The molecular formula is C12H15ClN4O. The third-order valence-corrected chi connectivity index (χ3v) is 4.18. The summed E-state index contributed by atoms with van der Waals surface area (Å²) >= 11 is 5.89. The highest BCUT2D eigenvalue weighted by molar-refractivity contribution is 6.32. The van der Waals surface area contributed by atoms with Crippen LogP contribution in [0.3, 0.4) is 0 Å². The van der Waals surface area contributed by atoms with E-state index in [0.717, 1.165) is 13.0 Å². The number of hydrogen-bond acceptors (Lipinski definition) is 5. The number of hydrogen-bond donors (Lipinski definition) is 1. The SMILES string of the molecule is O=Cc1c(Cl)ncnc1NC1CCN2CCCC12. The smallest absolute Gasteiger partial charge is 0.156 e. The molecule has 5 nitrogen and oxygen atoms in total. The molecule has 1 N–H and O–H groups in total. The van der Waals surface area contributed by atoms with Crippen LogP contribution in [0.1, 0.15) is 29.6 Å². The summed E-state index contributed by atoms with van der Waals surface area (Å²) in [5.74, 6) is 0.559. The molecule has 0 amide bonds. The van der Waals surface area contributed by atoms with Gasteiger partial charge in [-0.1, -0.05) is 11.6 Å². The summed E-state index contributed by atoms with van der Waals surface area (Å²) in [6.45, 7) is 2.31. The third-order valence-electron chi connectivity index (χ3n) is 3.88. The number of nitrogens with one attached hydrogen (secondary N) is 1. The molecule has 3 rings (SSSR count). The maximum absolute atomic E-state index is 11.0. The Labute approximate surface area is 111 Å². The molecule has 2 aliphatic heterocycles. The topological polar surface area (TPSA) is 58.1 Å². The van der Waals surface area contributed by atoms with Crippen LogP contribution in [-0.4, -0.2) is 46.3 Å². The molecule has 1 aromatic rings. The summed E-state index contributed by atoms with van der Waals surface area (Å²) in [5, 5.41) is 3.58. The van der Waals surface area contributed by atoms with Gasteiger partial charge in [0.25, 0.3) is 0 Å². The van der Waals surface area contributed by atoms with Crippen molar-refractivity contribution in [3.8, 4) is 0 Å². The van der Waals surface area contributed by atoms with Crippen molar-refractivity contribution in [2.45, 2.75) is 31.3 Å². The quantitative estimate of drug-likeness (QED) is 0.665.